The highest BCUT2D eigenvalue weighted by molar-refractivity contribution is 9.10. The third-order valence-corrected chi connectivity index (χ3v) is 5.70. The second-order valence-corrected chi connectivity index (χ2v) is 7.58. The smallest absolute Gasteiger partial charge is 0.245 e. The third kappa shape index (κ3) is 3.41. The van der Waals surface area contributed by atoms with E-state index in [0.29, 0.717) is 13.1 Å². The van der Waals surface area contributed by atoms with Gasteiger partial charge in [-0.3, -0.25) is 9.59 Å². The Kier molecular flexibility index (Phi) is 5.09. The quantitative estimate of drug-likeness (QED) is 0.728. The standard InChI is InChI=1S/C19H23BrN2O2/c1-3-18(23)21-7-4-5-14(11-21)19(24)22-8-6-16-15(12-22)9-13(2)10-17(16)20/h3,9-10,14H,1,4-8,11-12H2,2H3. The van der Waals surface area contributed by atoms with E-state index in [4.69, 9.17) is 0 Å². The molecular weight excluding hydrogens is 368 g/mol. The van der Waals surface area contributed by atoms with Crippen LogP contribution in [0.3, 0.4) is 0 Å². The lowest BCUT2D eigenvalue weighted by atomic mass is 9.93. The lowest BCUT2D eigenvalue weighted by Crippen LogP contribution is -2.47. The number of carbonyl (C=O) groups excluding carboxylic acids is 2. The highest BCUT2D eigenvalue weighted by Gasteiger charge is 2.32. The summed E-state index contributed by atoms with van der Waals surface area (Å²) in [7, 11) is 0. The summed E-state index contributed by atoms with van der Waals surface area (Å²) >= 11 is 3.64. The number of fused-ring (bicyclic) bond motifs is 1. The number of benzene rings is 1. The van der Waals surface area contributed by atoms with Crippen LogP contribution in [0, 0.1) is 12.8 Å². The molecule has 0 spiro atoms. The minimum atomic E-state index is -0.0857. The van der Waals surface area contributed by atoms with Crippen molar-refractivity contribution in [2.24, 2.45) is 5.92 Å². The topological polar surface area (TPSA) is 40.6 Å². The highest BCUT2D eigenvalue weighted by Crippen LogP contribution is 2.29. The van der Waals surface area contributed by atoms with Crippen LogP contribution in [0.1, 0.15) is 29.5 Å². The van der Waals surface area contributed by atoms with Crippen molar-refractivity contribution in [3.05, 3.63) is 46.0 Å². The van der Waals surface area contributed by atoms with E-state index in [-0.39, 0.29) is 17.7 Å². The molecule has 1 atom stereocenters. The van der Waals surface area contributed by atoms with Crippen LogP contribution in [0.5, 0.6) is 0 Å². The Morgan fingerprint density at radius 1 is 1.29 bits per heavy atom. The molecule has 1 fully saturated rings. The zero-order valence-corrected chi connectivity index (χ0v) is 15.6. The lowest BCUT2D eigenvalue weighted by molar-refractivity contribution is -0.140. The molecule has 1 saturated heterocycles. The Bertz CT molecular complexity index is 686. The number of nitrogens with zero attached hydrogens (tertiary/aromatic N) is 2. The van der Waals surface area contributed by atoms with Gasteiger partial charge in [-0.15, -0.1) is 0 Å². The first-order chi connectivity index (χ1) is 11.5. The number of aryl methyl sites for hydroxylation is 1. The predicted molar refractivity (Wildman–Crippen MR) is 97.5 cm³/mol. The van der Waals surface area contributed by atoms with Gasteiger partial charge in [-0.05, 0) is 55.0 Å². The number of halogens is 1. The Hall–Kier alpha value is -1.62. The van der Waals surface area contributed by atoms with E-state index in [9.17, 15) is 9.59 Å². The largest absolute Gasteiger partial charge is 0.338 e. The SMILES string of the molecule is C=CC(=O)N1CCCC(C(=O)N2CCc3c(Br)cc(C)cc3C2)C1. The van der Waals surface area contributed by atoms with E-state index in [1.54, 1.807) is 4.90 Å². The molecule has 0 bridgehead atoms. The molecule has 2 aliphatic rings. The van der Waals surface area contributed by atoms with Gasteiger partial charge >= 0.3 is 0 Å². The van der Waals surface area contributed by atoms with E-state index in [1.165, 1.54) is 22.8 Å². The summed E-state index contributed by atoms with van der Waals surface area (Å²) in [4.78, 5) is 28.5. The summed E-state index contributed by atoms with van der Waals surface area (Å²) < 4.78 is 1.14. The summed E-state index contributed by atoms with van der Waals surface area (Å²) in [5.74, 6) is 0.0216. The summed E-state index contributed by atoms with van der Waals surface area (Å²) in [5, 5.41) is 0. The minimum Gasteiger partial charge on any atom is -0.338 e. The van der Waals surface area contributed by atoms with Crippen LogP contribution in [0.15, 0.2) is 29.3 Å². The van der Waals surface area contributed by atoms with Crippen LogP contribution in [-0.2, 0) is 22.6 Å². The minimum absolute atomic E-state index is 0.0731. The summed E-state index contributed by atoms with van der Waals surface area (Å²) in [6.45, 7) is 8.28. The first kappa shape index (κ1) is 17.2. The first-order valence-corrected chi connectivity index (χ1v) is 9.27. The molecule has 24 heavy (non-hydrogen) atoms. The summed E-state index contributed by atoms with van der Waals surface area (Å²) in [6, 6.07) is 4.31. The van der Waals surface area contributed by atoms with Crippen molar-refractivity contribution < 1.29 is 9.59 Å². The number of likely N-dealkylation sites (tertiary alicyclic amines) is 1. The number of amides is 2. The fourth-order valence-electron chi connectivity index (χ4n) is 3.75. The second kappa shape index (κ2) is 7.09. The van der Waals surface area contributed by atoms with Gasteiger partial charge in [0.15, 0.2) is 0 Å². The number of hydrogen-bond acceptors (Lipinski definition) is 2. The maximum absolute atomic E-state index is 12.9. The van der Waals surface area contributed by atoms with Gasteiger partial charge in [-0.1, -0.05) is 28.6 Å². The van der Waals surface area contributed by atoms with Crippen molar-refractivity contribution in [3.8, 4) is 0 Å². The molecule has 0 radical (unpaired) electrons. The Morgan fingerprint density at radius 2 is 2.08 bits per heavy atom. The average Bonchev–Trinajstić information content (AvgIpc) is 2.59. The number of carbonyl (C=O) groups is 2. The third-order valence-electron chi connectivity index (χ3n) is 4.99. The number of rotatable bonds is 2. The van der Waals surface area contributed by atoms with Gasteiger partial charge < -0.3 is 9.80 Å². The Morgan fingerprint density at radius 3 is 2.83 bits per heavy atom. The van der Waals surface area contributed by atoms with Gasteiger partial charge in [0.25, 0.3) is 0 Å². The van der Waals surface area contributed by atoms with E-state index >= 15 is 0 Å². The fourth-order valence-corrected chi connectivity index (χ4v) is 4.56. The number of hydrogen-bond donors (Lipinski definition) is 0. The molecule has 0 N–H and O–H groups in total. The molecule has 0 aliphatic carbocycles. The van der Waals surface area contributed by atoms with Crippen LogP contribution in [0.4, 0.5) is 0 Å². The van der Waals surface area contributed by atoms with Crippen molar-refractivity contribution in [2.45, 2.75) is 32.7 Å². The fraction of sp³-hybridized carbons (Fsp3) is 0.474. The number of piperidine rings is 1. The normalized spacial score (nSPS) is 20.5. The maximum Gasteiger partial charge on any atom is 0.245 e. The van der Waals surface area contributed by atoms with Gasteiger partial charge in [-0.2, -0.15) is 0 Å². The van der Waals surface area contributed by atoms with Crippen molar-refractivity contribution in [2.75, 3.05) is 19.6 Å². The highest BCUT2D eigenvalue weighted by atomic mass is 79.9. The molecule has 2 aliphatic heterocycles. The molecule has 1 aromatic rings. The summed E-state index contributed by atoms with van der Waals surface area (Å²) in [6.07, 6.45) is 3.96. The maximum atomic E-state index is 12.9. The molecule has 3 rings (SSSR count). The van der Waals surface area contributed by atoms with E-state index in [0.717, 1.165) is 36.8 Å². The second-order valence-electron chi connectivity index (χ2n) is 6.72. The molecule has 1 unspecified atom stereocenters. The average molecular weight is 391 g/mol. The first-order valence-electron chi connectivity index (χ1n) is 8.47. The predicted octanol–water partition coefficient (Wildman–Crippen LogP) is 3.07. The molecule has 5 heteroatoms. The summed E-state index contributed by atoms with van der Waals surface area (Å²) in [5.41, 5.74) is 3.75. The Labute approximate surface area is 151 Å². The molecule has 0 saturated carbocycles. The van der Waals surface area contributed by atoms with E-state index < -0.39 is 0 Å². The lowest BCUT2D eigenvalue weighted by Gasteiger charge is -2.36. The van der Waals surface area contributed by atoms with Crippen LogP contribution >= 0.6 is 15.9 Å². The van der Waals surface area contributed by atoms with Crippen LogP contribution in [-0.4, -0.2) is 41.2 Å². The molecule has 4 nitrogen and oxygen atoms in total. The van der Waals surface area contributed by atoms with Gasteiger partial charge in [-0.25, -0.2) is 0 Å². The molecule has 1 aromatic carbocycles. The zero-order chi connectivity index (χ0) is 17.3. The van der Waals surface area contributed by atoms with E-state index in [1.807, 2.05) is 4.90 Å². The monoisotopic (exact) mass is 390 g/mol. The Balaban J connectivity index is 1.72. The molecule has 128 valence electrons. The van der Waals surface area contributed by atoms with Crippen molar-refractivity contribution in [1.82, 2.24) is 9.80 Å². The van der Waals surface area contributed by atoms with Crippen LogP contribution < -0.4 is 0 Å². The van der Waals surface area contributed by atoms with Gasteiger partial charge in [0.05, 0.1) is 5.92 Å². The van der Waals surface area contributed by atoms with Gasteiger partial charge in [0.2, 0.25) is 11.8 Å². The zero-order valence-electron chi connectivity index (χ0n) is 14.1. The van der Waals surface area contributed by atoms with Crippen LogP contribution in [0.25, 0.3) is 0 Å². The van der Waals surface area contributed by atoms with Gasteiger partial charge in [0, 0.05) is 30.7 Å². The van der Waals surface area contributed by atoms with E-state index in [2.05, 4.69) is 41.6 Å². The van der Waals surface area contributed by atoms with Crippen molar-refractivity contribution in [3.63, 3.8) is 0 Å². The van der Waals surface area contributed by atoms with Crippen LogP contribution in [0.2, 0.25) is 0 Å². The molecule has 2 heterocycles. The van der Waals surface area contributed by atoms with Gasteiger partial charge in [0.1, 0.15) is 0 Å². The molecule has 0 aromatic heterocycles. The molecular formula is C19H23BrN2O2. The molecule has 2 amide bonds. The van der Waals surface area contributed by atoms with Crippen molar-refractivity contribution >= 4 is 27.7 Å². The van der Waals surface area contributed by atoms with Crippen molar-refractivity contribution in [1.29, 1.82) is 0 Å².